The molecule has 3 rings (SSSR count). The first-order valence-electron chi connectivity index (χ1n) is 6.86. The molecule has 4 nitrogen and oxygen atoms in total. The van der Waals surface area contributed by atoms with Crippen molar-refractivity contribution in [1.82, 2.24) is 9.78 Å². The van der Waals surface area contributed by atoms with Gasteiger partial charge in [-0.25, -0.2) is 9.07 Å². The second-order valence-electron chi connectivity index (χ2n) is 4.83. The zero-order chi connectivity index (χ0) is 15.4. The molecule has 110 valence electrons. The molecule has 1 N–H and O–H groups in total. The van der Waals surface area contributed by atoms with Gasteiger partial charge in [0.2, 0.25) is 5.91 Å². The van der Waals surface area contributed by atoms with Crippen molar-refractivity contribution in [1.29, 1.82) is 0 Å². The van der Waals surface area contributed by atoms with Crippen LogP contribution in [0.3, 0.4) is 0 Å². The molecule has 0 aliphatic carbocycles. The smallest absolute Gasteiger partial charge is 0.228 e. The van der Waals surface area contributed by atoms with E-state index in [0.29, 0.717) is 0 Å². The third-order valence-corrected chi connectivity index (χ3v) is 3.17. The van der Waals surface area contributed by atoms with E-state index in [4.69, 9.17) is 0 Å². The Hall–Kier alpha value is -2.95. The maximum Gasteiger partial charge on any atom is 0.228 e. The van der Waals surface area contributed by atoms with Crippen LogP contribution in [0.1, 0.15) is 5.56 Å². The average molecular weight is 295 g/mol. The number of benzene rings is 2. The minimum absolute atomic E-state index is 0.140. The molecular formula is C17H14FN3O. The predicted octanol–water partition coefficient (Wildman–Crippen LogP) is 3.19. The zero-order valence-electron chi connectivity index (χ0n) is 11.7. The highest BCUT2D eigenvalue weighted by atomic mass is 19.1. The molecule has 3 aromatic rings. The Kier molecular flexibility index (Phi) is 3.96. The van der Waals surface area contributed by atoms with Crippen molar-refractivity contribution >= 4 is 11.6 Å². The van der Waals surface area contributed by atoms with Crippen LogP contribution >= 0.6 is 0 Å². The third kappa shape index (κ3) is 3.20. The fourth-order valence-corrected chi connectivity index (χ4v) is 2.12. The van der Waals surface area contributed by atoms with Gasteiger partial charge >= 0.3 is 0 Å². The lowest BCUT2D eigenvalue weighted by Gasteiger charge is -2.05. The Labute approximate surface area is 127 Å². The van der Waals surface area contributed by atoms with Crippen LogP contribution in [-0.2, 0) is 11.2 Å². The van der Waals surface area contributed by atoms with E-state index < -0.39 is 5.82 Å². The topological polar surface area (TPSA) is 46.9 Å². The molecule has 0 unspecified atom stereocenters. The summed E-state index contributed by atoms with van der Waals surface area (Å²) in [5.41, 5.74) is 1.86. The van der Waals surface area contributed by atoms with Crippen molar-refractivity contribution in [2.75, 3.05) is 5.32 Å². The number of nitrogens with zero attached hydrogens (tertiary/aromatic N) is 2. The maximum atomic E-state index is 13.5. The molecular weight excluding hydrogens is 281 g/mol. The lowest BCUT2D eigenvalue weighted by Crippen LogP contribution is -2.15. The van der Waals surface area contributed by atoms with E-state index >= 15 is 0 Å². The number of carbonyl (C=O) groups is 1. The molecule has 2 aromatic carbocycles. The van der Waals surface area contributed by atoms with Gasteiger partial charge in [0.15, 0.2) is 0 Å². The molecule has 22 heavy (non-hydrogen) atoms. The Morgan fingerprint density at radius 1 is 1.09 bits per heavy atom. The van der Waals surface area contributed by atoms with E-state index in [1.54, 1.807) is 29.2 Å². The van der Waals surface area contributed by atoms with Gasteiger partial charge in [0.05, 0.1) is 24.0 Å². The molecule has 0 radical (unpaired) electrons. The van der Waals surface area contributed by atoms with Gasteiger partial charge in [-0.3, -0.25) is 4.79 Å². The maximum absolute atomic E-state index is 13.5. The fraction of sp³-hybridized carbons (Fsp3) is 0.0588. The first-order valence-corrected chi connectivity index (χ1v) is 6.86. The standard InChI is InChI=1S/C17H14FN3O/c18-15-8-4-5-9-16(15)20-17(22)10-13-11-19-21(12-13)14-6-2-1-3-7-14/h1-9,11-12H,10H2,(H,20,22). The molecule has 0 saturated heterocycles. The normalized spacial score (nSPS) is 10.4. The largest absolute Gasteiger partial charge is 0.323 e. The van der Waals surface area contributed by atoms with E-state index in [1.807, 2.05) is 30.3 Å². The van der Waals surface area contributed by atoms with E-state index in [1.165, 1.54) is 12.1 Å². The molecule has 0 spiro atoms. The van der Waals surface area contributed by atoms with E-state index in [9.17, 15) is 9.18 Å². The number of nitrogens with one attached hydrogen (secondary N) is 1. The summed E-state index contributed by atoms with van der Waals surface area (Å²) in [6.07, 6.45) is 3.56. The van der Waals surface area contributed by atoms with E-state index in [0.717, 1.165) is 11.3 Å². The van der Waals surface area contributed by atoms with Crippen molar-refractivity contribution in [3.05, 3.63) is 78.4 Å². The number of halogens is 1. The molecule has 0 aliphatic heterocycles. The first-order chi connectivity index (χ1) is 10.7. The fourth-order valence-electron chi connectivity index (χ4n) is 2.12. The lowest BCUT2D eigenvalue weighted by atomic mass is 10.2. The van der Waals surface area contributed by atoms with Crippen LogP contribution in [0.15, 0.2) is 67.0 Å². The van der Waals surface area contributed by atoms with Gasteiger partial charge in [-0.2, -0.15) is 5.10 Å². The number of hydrogen-bond acceptors (Lipinski definition) is 2. The number of hydrogen-bond donors (Lipinski definition) is 1. The number of aromatic nitrogens is 2. The van der Waals surface area contributed by atoms with Crippen molar-refractivity contribution in [3.8, 4) is 5.69 Å². The van der Waals surface area contributed by atoms with Crippen LogP contribution in [0.25, 0.3) is 5.69 Å². The monoisotopic (exact) mass is 295 g/mol. The lowest BCUT2D eigenvalue weighted by molar-refractivity contribution is -0.115. The summed E-state index contributed by atoms with van der Waals surface area (Å²) in [6, 6.07) is 15.7. The van der Waals surface area contributed by atoms with Gasteiger partial charge in [0.25, 0.3) is 0 Å². The Morgan fingerprint density at radius 3 is 2.59 bits per heavy atom. The summed E-state index contributed by atoms with van der Waals surface area (Å²) in [6.45, 7) is 0. The third-order valence-electron chi connectivity index (χ3n) is 3.17. The summed E-state index contributed by atoms with van der Waals surface area (Å²) in [5.74, 6) is -0.728. The Morgan fingerprint density at radius 2 is 1.82 bits per heavy atom. The minimum Gasteiger partial charge on any atom is -0.323 e. The number of para-hydroxylation sites is 2. The zero-order valence-corrected chi connectivity index (χ0v) is 11.7. The van der Waals surface area contributed by atoms with Crippen LogP contribution in [0.2, 0.25) is 0 Å². The summed E-state index contributed by atoms with van der Waals surface area (Å²) >= 11 is 0. The van der Waals surface area contributed by atoms with Gasteiger partial charge in [-0.1, -0.05) is 30.3 Å². The Balaban J connectivity index is 1.68. The van der Waals surface area contributed by atoms with Gasteiger partial charge in [0, 0.05) is 6.20 Å². The second-order valence-corrected chi connectivity index (χ2v) is 4.83. The van der Waals surface area contributed by atoms with Crippen molar-refractivity contribution in [3.63, 3.8) is 0 Å². The number of amides is 1. The Bertz CT molecular complexity index is 783. The molecule has 1 heterocycles. The van der Waals surface area contributed by atoms with E-state index in [2.05, 4.69) is 10.4 Å². The highest BCUT2D eigenvalue weighted by Gasteiger charge is 2.09. The summed E-state index contributed by atoms with van der Waals surface area (Å²) in [4.78, 5) is 12.0. The van der Waals surface area contributed by atoms with Gasteiger partial charge < -0.3 is 5.32 Å². The van der Waals surface area contributed by atoms with Crippen molar-refractivity contribution < 1.29 is 9.18 Å². The highest BCUT2D eigenvalue weighted by Crippen LogP contribution is 2.13. The SMILES string of the molecule is O=C(Cc1cnn(-c2ccccc2)c1)Nc1ccccc1F. The average Bonchev–Trinajstić information content (AvgIpc) is 2.99. The second kappa shape index (κ2) is 6.22. The van der Waals surface area contributed by atoms with Gasteiger partial charge in [-0.05, 0) is 29.8 Å². The minimum atomic E-state index is -0.448. The molecule has 1 aromatic heterocycles. The molecule has 0 fully saturated rings. The quantitative estimate of drug-likeness (QED) is 0.803. The van der Waals surface area contributed by atoms with E-state index in [-0.39, 0.29) is 18.0 Å². The van der Waals surface area contributed by atoms with Gasteiger partial charge in [0.1, 0.15) is 5.82 Å². The number of rotatable bonds is 4. The molecule has 0 saturated carbocycles. The van der Waals surface area contributed by atoms with Crippen molar-refractivity contribution in [2.45, 2.75) is 6.42 Å². The number of carbonyl (C=O) groups excluding carboxylic acids is 1. The van der Waals surface area contributed by atoms with Crippen molar-refractivity contribution in [2.24, 2.45) is 0 Å². The summed E-state index contributed by atoms with van der Waals surface area (Å²) in [7, 11) is 0. The molecule has 5 heteroatoms. The van der Waals surface area contributed by atoms with Gasteiger partial charge in [-0.15, -0.1) is 0 Å². The van der Waals surface area contributed by atoms with Crippen LogP contribution in [-0.4, -0.2) is 15.7 Å². The molecule has 0 atom stereocenters. The van der Waals surface area contributed by atoms with Crippen LogP contribution in [0, 0.1) is 5.82 Å². The molecule has 0 bridgehead atoms. The van der Waals surface area contributed by atoms with Crippen LogP contribution in [0.5, 0.6) is 0 Å². The van der Waals surface area contributed by atoms with Crippen LogP contribution in [0.4, 0.5) is 10.1 Å². The summed E-state index contributed by atoms with van der Waals surface area (Å²) in [5, 5.41) is 6.78. The molecule has 0 aliphatic rings. The first kappa shape index (κ1) is 14.0. The van der Waals surface area contributed by atoms with Crippen LogP contribution < -0.4 is 5.32 Å². The number of anilines is 1. The predicted molar refractivity (Wildman–Crippen MR) is 82.3 cm³/mol. The highest BCUT2D eigenvalue weighted by molar-refractivity contribution is 5.92. The molecule has 1 amide bonds. The summed E-state index contributed by atoms with van der Waals surface area (Å²) < 4.78 is 15.2.